The molecule has 7 aromatic carbocycles. The molecule has 0 aliphatic heterocycles. The predicted octanol–water partition coefficient (Wildman–Crippen LogP) is 20.0. The molecule has 0 heterocycles. The van der Waals surface area contributed by atoms with Crippen LogP contribution in [-0.2, 0) is 69.0 Å². The van der Waals surface area contributed by atoms with Crippen molar-refractivity contribution in [2.75, 3.05) is 0 Å². The Morgan fingerprint density at radius 3 is 0.389 bits per heavy atom. The van der Waals surface area contributed by atoms with E-state index in [1.165, 1.54) is 100 Å². The van der Waals surface area contributed by atoms with Gasteiger partial charge in [-0.25, -0.2) is 0 Å². The lowest BCUT2D eigenvalue weighted by Gasteiger charge is -2.27. The van der Waals surface area contributed by atoms with Crippen molar-refractivity contribution in [2.45, 2.75) is 152 Å². The van der Waals surface area contributed by atoms with Gasteiger partial charge in [0.15, 0.2) is 0 Å². The summed E-state index contributed by atoms with van der Waals surface area (Å²) in [7, 11) is 0. The van der Waals surface area contributed by atoms with E-state index in [1.807, 2.05) is 0 Å². The van der Waals surface area contributed by atoms with E-state index in [0.29, 0.717) is 0 Å². The molecule has 0 fully saturated rings. The van der Waals surface area contributed by atoms with Crippen molar-refractivity contribution in [1.82, 2.24) is 0 Å². The third-order valence-corrected chi connectivity index (χ3v) is 19.1. The minimum atomic E-state index is 1.01. The maximum absolute atomic E-state index is 2.40. The summed E-state index contributed by atoms with van der Waals surface area (Å²) in [5.74, 6) is 12.1. The van der Waals surface area contributed by atoms with Crippen LogP contribution in [0.25, 0.3) is 0 Å². The Balaban J connectivity index is 1.39. The fourth-order valence-corrected chi connectivity index (χ4v) is 17.0. The summed E-state index contributed by atoms with van der Waals surface area (Å²) >= 11 is 12.7. The molecule has 0 atom stereocenters. The first kappa shape index (κ1) is 56.4. The second-order valence-electron chi connectivity index (χ2n) is 20.8. The fraction of sp³-hybridized carbons (Fsp3) is 0.364. The predicted molar refractivity (Wildman–Crippen MR) is 332 cm³/mol. The molecule has 7 rings (SSSR count). The van der Waals surface area contributed by atoms with Crippen molar-refractivity contribution in [2.24, 2.45) is 0 Å². The van der Waals surface area contributed by atoms with Crippen molar-refractivity contribution >= 4 is 70.6 Å². The molecule has 0 radical (unpaired) electrons. The molecule has 0 saturated heterocycles. The molecular formula is C66H78S6. The maximum Gasteiger partial charge on any atom is 0.0194 e. The van der Waals surface area contributed by atoms with E-state index in [9.17, 15) is 0 Å². The quantitative estimate of drug-likeness (QED) is 0.0587. The van der Waals surface area contributed by atoms with Gasteiger partial charge in [0.1, 0.15) is 0 Å². The zero-order chi connectivity index (χ0) is 51.3. The smallest absolute Gasteiger partial charge is 0.0194 e. The molecule has 0 spiro atoms. The first-order valence-electron chi connectivity index (χ1n) is 25.6. The molecule has 0 unspecified atom stereocenters. The van der Waals surface area contributed by atoms with E-state index in [1.54, 1.807) is 33.4 Å². The Morgan fingerprint density at radius 1 is 0.167 bits per heavy atom. The Morgan fingerprint density at radius 2 is 0.278 bits per heavy atom. The van der Waals surface area contributed by atoms with Crippen molar-refractivity contribution in [1.29, 1.82) is 0 Å². The topological polar surface area (TPSA) is 0 Å². The summed E-state index contributed by atoms with van der Waals surface area (Å²) in [6.45, 7) is 27.0. The minimum Gasteiger partial charge on any atom is -0.152 e. The van der Waals surface area contributed by atoms with Gasteiger partial charge in [-0.3, -0.25) is 0 Å². The number of hydrogen-bond acceptors (Lipinski definition) is 6. The molecule has 0 bridgehead atoms. The zero-order valence-corrected chi connectivity index (χ0v) is 50.2. The van der Waals surface area contributed by atoms with Gasteiger partial charge in [0.2, 0.25) is 0 Å². The van der Waals surface area contributed by atoms with Crippen molar-refractivity contribution in [3.63, 3.8) is 0 Å². The maximum atomic E-state index is 2.40. The van der Waals surface area contributed by atoms with E-state index in [0.717, 1.165) is 69.0 Å². The molecule has 0 amide bonds. The monoisotopic (exact) mass is 1060 g/mol. The lowest BCUT2D eigenvalue weighted by Crippen LogP contribution is -2.12. The van der Waals surface area contributed by atoms with E-state index in [2.05, 4.69) is 263 Å². The van der Waals surface area contributed by atoms with Crippen molar-refractivity contribution < 1.29 is 0 Å². The third kappa shape index (κ3) is 17.4. The van der Waals surface area contributed by atoms with Crippen LogP contribution in [0, 0.1) is 83.1 Å². The van der Waals surface area contributed by atoms with Gasteiger partial charge >= 0.3 is 0 Å². The summed E-state index contributed by atoms with van der Waals surface area (Å²) in [6.07, 6.45) is 0. The summed E-state index contributed by atoms with van der Waals surface area (Å²) < 4.78 is 0. The summed E-state index contributed by atoms with van der Waals surface area (Å²) in [6, 6.07) is 42.7. The number of hydrogen-bond donors (Lipinski definition) is 0. The van der Waals surface area contributed by atoms with Crippen molar-refractivity contribution in [3.8, 4) is 0 Å². The number of rotatable bonds is 24. The molecule has 6 heteroatoms. The van der Waals surface area contributed by atoms with E-state index in [4.69, 9.17) is 0 Å². The number of aryl methyl sites for hydroxylation is 12. The Labute approximate surface area is 461 Å². The molecule has 0 aliphatic rings. The zero-order valence-electron chi connectivity index (χ0n) is 45.3. The van der Waals surface area contributed by atoms with Gasteiger partial charge in [-0.05, 0) is 150 Å². The second-order valence-corrected chi connectivity index (χ2v) is 26.7. The minimum absolute atomic E-state index is 1.01. The molecule has 0 nitrogen and oxygen atoms in total. The highest BCUT2D eigenvalue weighted by molar-refractivity contribution is 7.99. The van der Waals surface area contributed by atoms with Crippen LogP contribution in [0.2, 0.25) is 0 Å². The van der Waals surface area contributed by atoms with Gasteiger partial charge in [-0.2, -0.15) is 70.6 Å². The molecule has 378 valence electrons. The highest BCUT2D eigenvalue weighted by Gasteiger charge is 2.25. The Kier molecular flexibility index (Phi) is 21.5. The summed E-state index contributed by atoms with van der Waals surface area (Å²) in [5.41, 5.74) is 34.5. The van der Waals surface area contributed by atoms with Crippen LogP contribution in [0.15, 0.2) is 109 Å². The summed E-state index contributed by atoms with van der Waals surface area (Å²) in [5, 5.41) is 0. The molecule has 0 aromatic heterocycles. The van der Waals surface area contributed by atoms with E-state index < -0.39 is 0 Å². The second kappa shape index (κ2) is 27.4. The van der Waals surface area contributed by atoms with E-state index in [-0.39, 0.29) is 0 Å². The third-order valence-electron chi connectivity index (χ3n) is 13.0. The SMILES string of the molecule is Cc1cc(C)cc(CSCc2c(CSCc3cc(C)cc(C)c3)c(CSCc3cc(C)cc(C)c3)c(CSCc3cc(C)cc(C)c3)c(CSCc3cc(C)cc(C)c3)c2CSCc2cc(C)cc(C)c2)c1. The lowest BCUT2D eigenvalue weighted by atomic mass is 9.90. The van der Waals surface area contributed by atoms with Crippen LogP contribution in [0.4, 0.5) is 0 Å². The average molecular weight is 1060 g/mol. The molecule has 0 aliphatic carbocycles. The normalized spacial score (nSPS) is 11.5. The molecule has 72 heavy (non-hydrogen) atoms. The van der Waals surface area contributed by atoms with Crippen molar-refractivity contribution in [3.05, 3.63) is 243 Å². The fourth-order valence-electron chi connectivity index (χ4n) is 10.7. The molecule has 7 aromatic rings. The van der Waals surface area contributed by atoms with Crippen LogP contribution < -0.4 is 0 Å². The number of thioether (sulfide) groups is 6. The lowest BCUT2D eigenvalue weighted by molar-refractivity contribution is 1.07. The number of benzene rings is 7. The standard InChI is InChI=1S/C66H78S6/c1-43-13-44(2)20-55(19-43)31-67-37-61-62(38-68-32-56-21-45(3)14-46(4)22-56)64(40-70-34-58-25-49(7)16-50(8)26-58)66(42-72-36-60-29-53(11)18-54(12)30-60)65(41-71-35-59-27-51(9)17-52(10)28-59)63(61)39-69-33-57-23-47(5)15-48(6)24-57/h13-30H,31-42H2,1-12H3. The largest absolute Gasteiger partial charge is 0.152 e. The van der Waals surface area contributed by atoms with Crippen LogP contribution >= 0.6 is 70.6 Å². The van der Waals surface area contributed by atoms with Gasteiger partial charge in [-0.15, -0.1) is 0 Å². The van der Waals surface area contributed by atoms with Crippen LogP contribution in [0.3, 0.4) is 0 Å². The Hall–Kier alpha value is -3.36. The van der Waals surface area contributed by atoms with Crippen LogP contribution in [0.5, 0.6) is 0 Å². The molecule has 0 N–H and O–H groups in total. The first-order valence-corrected chi connectivity index (χ1v) is 32.5. The van der Waals surface area contributed by atoms with E-state index >= 15 is 0 Å². The molecule has 0 saturated carbocycles. The average Bonchev–Trinajstić information content (AvgIpc) is 3.26. The van der Waals surface area contributed by atoms with Gasteiger partial charge in [-0.1, -0.05) is 176 Å². The molecular weight excluding hydrogens is 985 g/mol. The Bertz CT molecular complexity index is 2300. The van der Waals surface area contributed by atoms with Crippen LogP contribution in [0.1, 0.15) is 134 Å². The van der Waals surface area contributed by atoms with Gasteiger partial charge in [0.25, 0.3) is 0 Å². The van der Waals surface area contributed by atoms with Crippen LogP contribution in [-0.4, -0.2) is 0 Å². The van der Waals surface area contributed by atoms with Gasteiger partial charge in [0, 0.05) is 69.0 Å². The first-order chi connectivity index (χ1) is 34.5. The van der Waals surface area contributed by atoms with Gasteiger partial charge in [0.05, 0.1) is 0 Å². The highest BCUT2D eigenvalue weighted by Crippen LogP contribution is 2.43. The van der Waals surface area contributed by atoms with Gasteiger partial charge < -0.3 is 0 Å². The highest BCUT2D eigenvalue weighted by atomic mass is 32.2. The summed E-state index contributed by atoms with van der Waals surface area (Å²) in [4.78, 5) is 0.